The van der Waals surface area contributed by atoms with Crippen molar-refractivity contribution in [3.63, 3.8) is 0 Å². The van der Waals surface area contributed by atoms with E-state index in [1.807, 2.05) is 31.2 Å². The summed E-state index contributed by atoms with van der Waals surface area (Å²) in [5.74, 6) is 2.53. The first-order valence-electron chi connectivity index (χ1n) is 6.79. The van der Waals surface area contributed by atoms with Crippen LogP contribution in [-0.4, -0.2) is 23.7 Å². The van der Waals surface area contributed by atoms with E-state index in [-0.39, 0.29) is 0 Å². The summed E-state index contributed by atoms with van der Waals surface area (Å²) in [5, 5.41) is 3.23. The molecule has 0 radical (unpaired) electrons. The Balaban J connectivity index is 1.99. The zero-order valence-electron chi connectivity index (χ0n) is 12.3. The molecule has 0 saturated heterocycles. The lowest BCUT2D eigenvalue weighted by atomic mass is 10.2. The van der Waals surface area contributed by atoms with Gasteiger partial charge in [-0.1, -0.05) is 12.1 Å². The lowest BCUT2D eigenvalue weighted by Crippen LogP contribution is -2.07. The van der Waals surface area contributed by atoms with Crippen LogP contribution in [0.25, 0.3) is 0 Å². The van der Waals surface area contributed by atoms with Gasteiger partial charge in [0.15, 0.2) is 5.82 Å². The number of nitrogen functional groups attached to an aromatic ring is 1. The number of methoxy groups -OCH3 is 1. The van der Waals surface area contributed by atoms with Gasteiger partial charge in [0.05, 0.1) is 7.11 Å². The number of ether oxygens (including phenoxy) is 2. The minimum Gasteiger partial charge on any atom is -0.497 e. The Morgan fingerprint density at radius 1 is 1.19 bits per heavy atom. The summed E-state index contributed by atoms with van der Waals surface area (Å²) in [6.07, 6.45) is 0. The summed E-state index contributed by atoms with van der Waals surface area (Å²) >= 11 is 0. The molecule has 6 nitrogen and oxygen atoms in total. The highest BCUT2D eigenvalue weighted by atomic mass is 16.5. The van der Waals surface area contributed by atoms with Gasteiger partial charge in [0.1, 0.15) is 24.0 Å². The molecule has 2 rings (SSSR count). The van der Waals surface area contributed by atoms with E-state index < -0.39 is 0 Å². The quantitative estimate of drug-likeness (QED) is 0.813. The Morgan fingerprint density at radius 2 is 1.95 bits per heavy atom. The zero-order chi connectivity index (χ0) is 15.1. The number of rotatable bonds is 7. The highest BCUT2D eigenvalue weighted by Crippen LogP contribution is 2.14. The number of anilines is 2. The summed E-state index contributed by atoms with van der Waals surface area (Å²) < 4.78 is 10.4. The average Bonchev–Trinajstić information content (AvgIpc) is 2.51. The molecule has 0 fully saturated rings. The third-order valence-corrected chi connectivity index (χ3v) is 2.86. The molecule has 1 heterocycles. The number of nitrogens with zero attached hydrogens (tertiary/aromatic N) is 2. The van der Waals surface area contributed by atoms with Gasteiger partial charge in [0.2, 0.25) is 0 Å². The van der Waals surface area contributed by atoms with Crippen LogP contribution in [0.5, 0.6) is 5.75 Å². The fourth-order valence-electron chi connectivity index (χ4n) is 1.80. The van der Waals surface area contributed by atoms with Crippen LogP contribution >= 0.6 is 0 Å². The minimum absolute atomic E-state index is 0.360. The Labute approximate surface area is 124 Å². The molecule has 0 aliphatic heterocycles. The second-order valence-corrected chi connectivity index (χ2v) is 4.43. The highest BCUT2D eigenvalue weighted by Gasteiger charge is 2.03. The Bertz CT molecular complexity index is 572. The van der Waals surface area contributed by atoms with E-state index in [4.69, 9.17) is 15.2 Å². The van der Waals surface area contributed by atoms with Crippen molar-refractivity contribution in [1.82, 2.24) is 9.97 Å². The molecule has 0 amide bonds. The van der Waals surface area contributed by atoms with Crippen molar-refractivity contribution in [2.24, 2.45) is 0 Å². The number of hydrogen-bond acceptors (Lipinski definition) is 6. The lowest BCUT2D eigenvalue weighted by Gasteiger charge is -2.09. The number of benzene rings is 1. The van der Waals surface area contributed by atoms with Gasteiger partial charge in [-0.05, 0) is 24.6 Å². The lowest BCUT2D eigenvalue weighted by molar-refractivity contribution is 0.128. The number of hydrogen-bond donors (Lipinski definition) is 2. The fraction of sp³-hybridized carbons (Fsp3) is 0.333. The molecule has 0 aliphatic rings. The SMILES string of the molecule is CCOCc1nc(N)cc(NCc2ccc(OC)cc2)n1. The summed E-state index contributed by atoms with van der Waals surface area (Å²) in [6.45, 7) is 3.55. The van der Waals surface area contributed by atoms with Crippen molar-refractivity contribution in [2.75, 3.05) is 24.8 Å². The van der Waals surface area contributed by atoms with Gasteiger partial charge in [-0.15, -0.1) is 0 Å². The monoisotopic (exact) mass is 288 g/mol. The summed E-state index contributed by atoms with van der Waals surface area (Å²) in [6, 6.07) is 9.55. The van der Waals surface area contributed by atoms with E-state index in [0.29, 0.717) is 37.2 Å². The molecule has 1 aromatic heterocycles. The molecule has 0 bridgehead atoms. The molecule has 21 heavy (non-hydrogen) atoms. The first-order chi connectivity index (χ1) is 10.2. The van der Waals surface area contributed by atoms with Crippen LogP contribution in [0.3, 0.4) is 0 Å². The topological polar surface area (TPSA) is 82.3 Å². The van der Waals surface area contributed by atoms with Crippen LogP contribution in [0.1, 0.15) is 18.3 Å². The number of nitrogens with one attached hydrogen (secondary N) is 1. The maximum atomic E-state index is 5.77. The van der Waals surface area contributed by atoms with Crippen molar-refractivity contribution in [2.45, 2.75) is 20.1 Å². The van der Waals surface area contributed by atoms with Crippen molar-refractivity contribution in [3.8, 4) is 5.75 Å². The molecule has 0 aliphatic carbocycles. The molecular formula is C15H20N4O2. The molecule has 6 heteroatoms. The molecule has 0 atom stereocenters. The highest BCUT2D eigenvalue weighted by molar-refractivity contribution is 5.45. The van der Waals surface area contributed by atoms with Gasteiger partial charge < -0.3 is 20.5 Å². The third-order valence-electron chi connectivity index (χ3n) is 2.86. The summed E-state index contributed by atoms with van der Waals surface area (Å²) in [5.41, 5.74) is 6.90. The van der Waals surface area contributed by atoms with E-state index in [9.17, 15) is 0 Å². The van der Waals surface area contributed by atoms with Gasteiger partial charge in [-0.3, -0.25) is 0 Å². The standard InChI is InChI=1S/C15H20N4O2/c1-3-21-10-15-18-13(16)8-14(19-15)17-9-11-4-6-12(20-2)7-5-11/h4-8H,3,9-10H2,1-2H3,(H3,16,17,18,19). The number of nitrogens with two attached hydrogens (primary N) is 1. The van der Waals surface area contributed by atoms with Crippen molar-refractivity contribution in [1.29, 1.82) is 0 Å². The second-order valence-electron chi connectivity index (χ2n) is 4.43. The molecule has 0 saturated carbocycles. The van der Waals surface area contributed by atoms with Gasteiger partial charge in [-0.25, -0.2) is 9.97 Å². The van der Waals surface area contributed by atoms with E-state index in [2.05, 4.69) is 15.3 Å². The van der Waals surface area contributed by atoms with Crippen LogP contribution < -0.4 is 15.8 Å². The largest absolute Gasteiger partial charge is 0.497 e. The van der Waals surface area contributed by atoms with E-state index in [1.54, 1.807) is 13.2 Å². The van der Waals surface area contributed by atoms with Crippen LogP contribution in [0.2, 0.25) is 0 Å². The maximum absolute atomic E-state index is 5.77. The van der Waals surface area contributed by atoms with Crippen LogP contribution in [-0.2, 0) is 17.9 Å². The molecule has 112 valence electrons. The third kappa shape index (κ3) is 4.61. The first-order valence-corrected chi connectivity index (χ1v) is 6.79. The van der Waals surface area contributed by atoms with Crippen LogP contribution in [0.15, 0.2) is 30.3 Å². The maximum Gasteiger partial charge on any atom is 0.158 e. The van der Waals surface area contributed by atoms with Crippen molar-refractivity contribution < 1.29 is 9.47 Å². The Kier molecular flexibility index (Phi) is 5.34. The first kappa shape index (κ1) is 15.1. The molecule has 3 N–H and O–H groups in total. The smallest absolute Gasteiger partial charge is 0.158 e. The predicted molar refractivity (Wildman–Crippen MR) is 82.1 cm³/mol. The van der Waals surface area contributed by atoms with Crippen LogP contribution in [0.4, 0.5) is 11.6 Å². The zero-order valence-corrected chi connectivity index (χ0v) is 12.3. The summed E-state index contributed by atoms with van der Waals surface area (Å²) in [4.78, 5) is 8.50. The Hall–Kier alpha value is -2.34. The second kappa shape index (κ2) is 7.44. The molecular weight excluding hydrogens is 268 g/mol. The van der Waals surface area contributed by atoms with Gasteiger partial charge in [0, 0.05) is 19.2 Å². The van der Waals surface area contributed by atoms with E-state index in [1.165, 1.54) is 0 Å². The molecule has 2 aromatic rings. The van der Waals surface area contributed by atoms with Crippen molar-refractivity contribution in [3.05, 3.63) is 41.7 Å². The molecule has 1 aromatic carbocycles. The fourth-order valence-corrected chi connectivity index (χ4v) is 1.80. The van der Waals surface area contributed by atoms with Gasteiger partial charge >= 0.3 is 0 Å². The average molecular weight is 288 g/mol. The van der Waals surface area contributed by atoms with Gasteiger partial charge in [0.25, 0.3) is 0 Å². The van der Waals surface area contributed by atoms with E-state index in [0.717, 1.165) is 11.3 Å². The predicted octanol–water partition coefficient (Wildman–Crippen LogP) is 2.22. The van der Waals surface area contributed by atoms with E-state index >= 15 is 0 Å². The van der Waals surface area contributed by atoms with Crippen molar-refractivity contribution >= 4 is 11.6 Å². The number of aromatic nitrogens is 2. The minimum atomic E-state index is 0.360. The molecule has 0 spiro atoms. The Morgan fingerprint density at radius 3 is 2.62 bits per heavy atom. The van der Waals surface area contributed by atoms with Crippen LogP contribution in [0, 0.1) is 0 Å². The van der Waals surface area contributed by atoms with Gasteiger partial charge in [-0.2, -0.15) is 0 Å². The normalized spacial score (nSPS) is 10.4. The molecule has 0 unspecified atom stereocenters. The summed E-state index contributed by atoms with van der Waals surface area (Å²) in [7, 11) is 1.65.